The lowest BCUT2D eigenvalue weighted by Gasteiger charge is -2.27. The zero-order chi connectivity index (χ0) is 15.0. The molecule has 0 bridgehead atoms. The second kappa shape index (κ2) is 5.49. The topological polar surface area (TPSA) is 15.6 Å². The number of aliphatic imine (C=N–C) groups is 1. The molecule has 0 aliphatic carbocycles. The van der Waals surface area contributed by atoms with Crippen LogP contribution in [0.5, 0.6) is 0 Å². The van der Waals surface area contributed by atoms with Crippen LogP contribution in [-0.2, 0) is 6.42 Å². The van der Waals surface area contributed by atoms with Crippen LogP contribution in [0.15, 0.2) is 47.5 Å². The Balaban J connectivity index is 2.12. The van der Waals surface area contributed by atoms with Gasteiger partial charge in [0.05, 0.1) is 0 Å². The number of nitrogens with zero attached hydrogens (tertiary/aromatic N) is 2. The Kier molecular flexibility index (Phi) is 3.68. The van der Waals surface area contributed by atoms with Crippen LogP contribution in [0.2, 0.25) is 5.02 Å². The van der Waals surface area contributed by atoms with Crippen molar-refractivity contribution >= 4 is 17.4 Å². The van der Waals surface area contributed by atoms with E-state index in [1.54, 1.807) is 6.07 Å². The maximum absolute atomic E-state index is 13.6. The summed E-state index contributed by atoms with van der Waals surface area (Å²) in [5.74, 6) is 0.769. The summed E-state index contributed by atoms with van der Waals surface area (Å²) in [5.41, 5.74) is 3.07. The minimum absolute atomic E-state index is 0.181. The van der Waals surface area contributed by atoms with E-state index < -0.39 is 0 Å². The molecule has 108 valence electrons. The number of halogens is 2. The lowest BCUT2D eigenvalue weighted by atomic mass is 9.90. The van der Waals surface area contributed by atoms with E-state index in [-0.39, 0.29) is 11.9 Å². The van der Waals surface area contributed by atoms with Gasteiger partial charge >= 0.3 is 0 Å². The molecule has 1 aliphatic rings. The fourth-order valence-corrected chi connectivity index (χ4v) is 2.71. The van der Waals surface area contributed by atoms with E-state index >= 15 is 0 Å². The number of likely N-dealkylation sites (N-methyl/N-ethyl adjacent to an activating group) is 1. The smallest absolute Gasteiger partial charge is 0.123 e. The molecular weight excluding hydrogens is 287 g/mol. The fourth-order valence-electron chi connectivity index (χ4n) is 2.59. The molecule has 0 radical (unpaired) electrons. The maximum atomic E-state index is 13.6. The first-order valence-corrected chi connectivity index (χ1v) is 7.20. The van der Waals surface area contributed by atoms with Crippen LogP contribution in [0, 0.1) is 5.82 Å². The number of hydrogen-bond donors (Lipinski definition) is 0. The molecule has 0 fully saturated rings. The monoisotopic (exact) mass is 302 g/mol. The number of fused-ring (bicyclic) bond motifs is 1. The molecule has 1 aliphatic heterocycles. The molecule has 1 unspecified atom stereocenters. The van der Waals surface area contributed by atoms with E-state index in [1.807, 2.05) is 49.3 Å². The van der Waals surface area contributed by atoms with Crippen LogP contribution in [0.1, 0.15) is 22.7 Å². The minimum atomic E-state index is -0.226. The number of hydrogen-bond acceptors (Lipinski definition) is 2. The van der Waals surface area contributed by atoms with Crippen molar-refractivity contribution in [2.24, 2.45) is 4.99 Å². The molecule has 2 aromatic rings. The molecule has 0 amide bonds. The van der Waals surface area contributed by atoms with E-state index in [0.29, 0.717) is 5.02 Å². The standard InChI is InChI=1S/C17H16ClFN2/c1-21(2)16-9-12-5-8-14(19)10-15(12)17(20-16)11-3-6-13(18)7-4-11/h3-8,10,17H,9H2,1-2H3. The van der Waals surface area contributed by atoms with Gasteiger partial charge in [0.1, 0.15) is 17.7 Å². The highest BCUT2D eigenvalue weighted by molar-refractivity contribution is 6.30. The number of rotatable bonds is 1. The van der Waals surface area contributed by atoms with Gasteiger partial charge in [0.25, 0.3) is 0 Å². The van der Waals surface area contributed by atoms with Gasteiger partial charge in [-0.1, -0.05) is 29.8 Å². The Bertz CT molecular complexity index is 692. The summed E-state index contributed by atoms with van der Waals surface area (Å²) in [7, 11) is 3.96. The van der Waals surface area contributed by atoms with Gasteiger partial charge in [-0.3, -0.25) is 4.99 Å². The summed E-state index contributed by atoms with van der Waals surface area (Å²) < 4.78 is 13.6. The summed E-state index contributed by atoms with van der Waals surface area (Å²) in [6.07, 6.45) is 0.729. The van der Waals surface area contributed by atoms with Crippen molar-refractivity contribution in [2.45, 2.75) is 12.5 Å². The summed E-state index contributed by atoms with van der Waals surface area (Å²) in [4.78, 5) is 6.81. The third kappa shape index (κ3) is 2.79. The Labute approximate surface area is 128 Å². The fraction of sp³-hybridized carbons (Fsp3) is 0.235. The van der Waals surface area contributed by atoms with Gasteiger partial charge in [-0.2, -0.15) is 0 Å². The first kappa shape index (κ1) is 14.1. The Hall–Kier alpha value is -1.87. The third-order valence-electron chi connectivity index (χ3n) is 3.73. The first-order chi connectivity index (χ1) is 10.0. The van der Waals surface area contributed by atoms with Crippen molar-refractivity contribution in [1.29, 1.82) is 0 Å². The highest BCUT2D eigenvalue weighted by Crippen LogP contribution is 2.34. The molecule has 3 rings (SSSR count). The quantitative estimate of drug-likeness (QED) is 0.775. The molecule has 1 atom stereocenters. The predicted molar refractivity (Wildman–Crippen MR) is 84.5 cm³/mol. The molecular formula is C17H16ClFN2. The summed E-state index contributed by atoms with van der Waals surface area (Å²) in [5, 5.41) is 0.686. The molecule has 0 N–H and O–H groups in total. The molecule has 2 aromatic carbocycles. The third-order valence-corrected chi connectivity index (χ3v) is 3.98. The van der Waals surface area contributed by atoms with Gasteiger partial charge in [-0.25, -0.2) is 4.39 Å². The maximum Gasteiger partial charge on any atom is 0.123 e. The predicted octanol–water partition coefficient (Wildman–Crippen LogP) is 4.08. The average molecular weight is 303 g/mol. The highest BCUT2D eigenvalue weighted by Gasteiger charge is 2.24. The van der Waals surface area contributed by atoms with Crippen LogP contribution in [0.25, 0.3) is 0 Å². The molecule has 1 heterocycles. The van der Waals surface area contributed by atoms with Crippen LogP contribution in [-0.4, -0.2) is 24.8 Å². The molecule has 4 heteroatoms. The zero-order valence-corrected chi connectivity index (χ0v) is 12.7. The second-order valence-electron chi connectivity index (χ2n) is 5.41. The Morgan fingerprint density at radius 2 is 1.86 bits per heavy atom. The highest BCUT2D eigenvalue weighted by atomic mass is 35.5. The zero-order valence-electron chi connectivity index (χ0n) is 12.0. The van der Waals surface area contributed by atoms with Gasteiger partial charge in [0.15, 0.2) is 0 Å². The van der Waals surface area contributed by atoms with Crippen LogP contribution >= 0.6 is 11.6 Å². The van der Waals surface area contributed by atoms with Gasteiger partial charge in [0, 0.05) is 25.5 Å². The van der Waals surface area contributed by atoms with Crippen LogP contribution < -0.4 is 0 Å². The normalized spacial score (nSPS) is 17.1. The average Bonchev–Trinajstić information content (AvgIpc) is 2.47. The summed E-state index contributed by atoms with van der Waals surface area (Å²) >= 11 is 5.95. The Morgan fingerprint density at radius 3 is 2.52 bits per heavy atom. The van der Waals surface area contributed by atoms with E-state index in [4.69, 9.17) is 16.6 Å². The van der Waals surface area contributed by atoms with Gasteiger partial charge in [0.2, 0.25) is 0 Å². The van der Waals surface area contributed by atoms with E-state index in [1.165, 1.54) is 6.07 Å². The lowest BCUT2D eigenvalue weighted by Crippen LogP contribution is -2.28. The molecule has 0 saturated carbocycles. The van der Waals surface area contributed by atoms with E-state index in [2.05, 4.69) is 0 Å². The molecule has 21 heavy (non-hydrogen) atoms. The van der Waals surface area contributed by atoms with Crippen molar-refractivity contribution in [3.63, 3.8) is 0 Å². The molecule has 0 spiro atoms. The van der Waals surface area contributed by atoms with Gasteiger partial charge in [-0.05, 0) is 41.0 Å². The summed E-state index contributed by atoms with van der Waals surface area (Å²) in [6, 6.07) is 12.4. The number of amidine groups is 1. The lowest BCUT2D eigenvalue weighted by molar-refractivity contribution is 0.587. The van der Waals surface area contributed by atoms with Gasteiger partial charge < -0.3 is 4.90 Å². The van der Waals surface area contributed by atoms with Crippen LogP contribution in [0.4, 0.5) is 4.39 Å². The molecule has 0 aromatic heterocycles. The van der Waals surface area contributed by atoms with Crippen molar-refractivity contribution in [1.82, 2.24) is 4.90 Å². The van der Waals surface area contributed by atoms with Crippen molar-refractivity contribution in [2.75, 3.05) is 14.1 Å². The van der Waals surface area contributed by atoms with Crippen molar-refractivity contribution in [3.8, 4) is 0 Å². The molecule has 0 saturated heterocycles. The number of benzene rings is 2. The largest absolute Gasteiger partial charge is 0.366 e. The first-order valence-electron chi connectivity index (χ1n) is 6.82. The SMILES string of the molecule is CN(C)C1=NC(c2ccc(Cl)cc2)c2cc(F)ccc2C1. The Morgan fingerprint density at radius 1 is 1.14 bits per heavy atom. The van der Waals surface area contributed by atoms with E-state index in [0.717, 1.165) is 28.9 Å². The van der Waals surface area contributed by atoms with E-state index in [9.17, 15) is 4.39 Å². The molecule has 2 nitrogen and oxygen atoms in total. The van der Waals surface area contributed by atoms with Crippen LogP contribution in [0.3, 0.4) is 0 Å². The minimum Gasteiger partial charge on any atom is -0.366 e. The van der Waals surface area contributed by atoms with Gasteiger partial charge in [-0.15, -0.1) is 0 Å². The van der Waals surface area contributed by atoms with Crippen molar-refractivity contribution in [3.05, 3.63) is 70.0 Å². The van der Waals surface area contributed by atoms with Crippen molar-refractivity contribution < 1.29 is 4.39 Å². The second-order valence-corrected chi connectivity index (χ2v) is 5.85. The summed E-state index contributed by atoms with van der Waals surface area (Å²) in [6.45, 7) is 0.